The normalized spacial score (nSPS) is 12.5. The van der Waals surface area contributed by atoms with Gasteiger partial charge in [0.05, 0.1) is 27.6 Å². The number of benzene rings is 2. The van der Waals surface area contributed by atoms with Gasteiger partial charge in [0.15, 0.2) is 5.75 Å². The first-order valence-electron chi connectivity index (χ1n) is 8.58. The van der Waals surface area contributed by atoms with E-state index < -0.39 is 34.1 Å². The standard InChI is InChI=1S/C18H14N4O8/c1-2-30-15-6-3-10(7-14(15)22(28)29)19-16(23)9-20-17(24)12-5-4-11(21(26)27)8-13(12)18(20)25/h3-8H,2,9H2,1H3,(H,19,23). The molecule has 0 aliphatic carbocycles. The van der Waals surface area contributed by atoms with Crippen LogP contribution in [0.1, 0.15) is 27.6 Å². The number of rotatable bonds is 7. The lowest BCUT2D eigenvalue weighted by Crippen LogP contribution is -2.37. The van der Waals surface area contributed by atoms with Gasteiger partial charge in [0.2, 0.25) is 5.91 Å². The Labute approximate surface area is 168 Å². The van der Waals surface area contributed by atoms with Crippen LogP contribution in [0, 0.1) is 20.2 Å². The second-order valence-corrected chi connectivity index (χ2v) is 6.10. The highest BCUT2D eigenvalue weighted by Crippen LogP contribution is 2.30. The molecule has 154 valence electrons. The summed E-state index contributed by atoms with van der Waals surface area (Å²) in [7, 11) is 0. The molecule has 1 aliphatic rings. The summed E-state index contributed by atoms with van der Waals surface area (Å²) in [6.45, 7) is 1.21. The Kier molecular flexibility index (Phi) is 5.40. The van der Waals surface area contributed by atoms with Gasteiger partial charge in [-0.05, 0) is 25.1 Å². The molecule has 3 amide bonds. The third kappa shape index (κ3) is 3.78. The summed E-state index contributed by atoms with van der Waals surface area (Å²) < 4.78 is 5.16. The molecular formula is C18H14N4O8. The van der Waals surface area contributed by atoms with Gasteiger partial charge in [0.25, 0.3) is 17.5 Å². The Bertz CT molecular complexity index is 1100. The lowest BCUT2D eigenvalue weighted by Gasteiger charge is -2.14. The van der Waals surface area contributed by atoms with Gasteiger partial charge in [-0.1, -0.05) is 0 Å². The number of non-ortho nitro benzene ring substituents is 1. The van der Waals surface area contributed by atoms with Gasteiger partial charge in [-0.15, -0.1) is 0 Å². The van der Waals surface area contributed by atoms with E-state index in [4.69, 9.17) is 4.74 Å². The van der Waals surface area contributed by atoms with Gasteiger partial charge in [0, 0.05) is 23.9 Å². The van der Waals surface area contributed by atoms with Crippen LogP contribution < -0.4 is 10.1 Å². The van der Waals surface area contributed by atoms with Gasteiger partial charge in [0.1, 0.15) is 6.54 Å². The minimum atomic E-state index is -0.841. The maximum Gasteiger partial charge on any atom is 0.312 e. The van der Waals surface area contributed by atoms with Crippen LogP contribution in [0.25, 0.3) is 0 Å². The predicted molar refractivity (Wildman–Crippen MR) is 101 cm³/mol. The summed E-state index contributed by atoms with van der Waals surface area (Å²) in [6.07, 6.45) is 0. The monoisotopic (exact) mass is 414 g/mol. The van der Waals surface area contributed by atoms with Crippen LogP contribution in [0.3, 0.4) is 0 Å². The number of nitrogens with one attached hydrogen (secondary N) is 1. The molecule has 0 fully saturated rings. The minimum absolute atomic E-state index is 0.0300. The molecule has 0 bridgehead atoms. The highest BCUT2D eigenvalue weighted by Gasteiger charge is 2.37. The van der Waals surface area contributed by atoms with Gasteiger partial charge < -0.3 is 10.1 Å². The van der Waals surface area contributed by atoms with Crippen molar-refractivity contribution in [1.82, 2.24) is 4.90 Å². The van der Waals surface area contributed by atoms with E-state index in [0.717, 1.165) is 24.3 Å². The number of carbonyl (C=O) groups is 3. The Morgan fingerprint density at radius 3 is 2.37 bits per heavy atom. The molecule has 0 atom stereocenters. The van der Waals surface area contributed by atoms with E-state index in [2.05, 4.69) is 5.32 Å². The SMILES string of the molecule is CCOc1ccc(NC(=O)CN2C(=O)c3ccc([N+](=O)[O-])cc3C2=O)cc1[N+](=O)[O-]. The molecule has 1 N–H and O–H groups in total. The molecule has 12 nitrogen and oxygen atoms in total. The third-order valence-electron chi connectivity index (χ3n) is 4.21. The van der Waals surface area contributed by atoms with Crippen LogP contribution in [0.2, 0.25) is 0 Å². The van der Waals surface area contributed by atoms with Gasteiger partial charge in [-0.25, -0.2) is 0 Å². The zero-order valence-electron chi connectivity index (χ0n) is 15.5. The maximum absolute atomic E-state index is 12.4. The highest BCUT2D eigenvalue weighted by atomic mass is 16.6. The van der Waals surface area contributed by atoms with E-state index in [1.54, 1.807) is 6.92 Å². The number of fused-ring (bicyclic) bond motifs is 1. The summed E-state index contributed by atoms with van der Waals surface area (Å²) >= 11 is 0. The molecular weight excluding hydrogens is 400 g/mol. The summed E-state index contributed by atoms with van der Waals surface area (Å²) in [6, 6.07) is 7.01. The topological polar surface area (TPSA) is 162 Å². The van der Waals surface area contributed by atoms with E-state index in [1.165, 1.54) is 12.1 Å². The molecule has 3 rings (SSSR count). The summed E-state index contributed by atoms with van der Waals surface area (Å²) in [4.78, 5) is 58.4. The summed E-state index contributed by atoms with van der Waals surface area (Å²) in [5.41, 5.74) is -0.859. The van der Waals surface area contributed by atoms with Crippen molar-refractivity contribution < 1.29 is 29.0 Å². The van der Waals surface area contributed by atoms with Crippen molar-refractivity contribution in [2.45, 2.75) is 6.92 Å². The molecule has 30 heavy (non-hydrogen) atoms. The largest absolute Gasteiger partial charge is 0.487 e. The summed E-state index contributed by atoms with van der Waals surface area (Å²) in [5, 5.41) is 24.4. The fourth-order valence-electron chi connectivity index (χ4n) is 2.90. The van der Waals surface area contributed by atoms with Crippen molar-refractivity contribution in [2.24, 2.45) is 0 Å². The van der Waals surface area contributed by atoms with E-state index >= 15 is 0 Å². The Balaban J connectivity index is 1.76. The van der Waals surface area contributed by atoms with E-state index in [9.17, 15) is 34.6 Å². The van der Waals surface area contributed by atoms with E-state index in [0.29, 0.717) is 4.90 Å². The van der Waals surface area contributed by atoms with Crippen molar-refractivity contribution in [3.05, 3.63) is 67.8 Å². The van der Waals surface area contributed by atoms with Gasteiger partial charge in [-0.2, -0.15) is 0 Å². The number of imide groups is 1. The number of nitrogens with zero attached hydrogens (tertiary/aromatic N) is 3. The third-order valence-corrected chi connectivity index (χ3v) is 4.21. The number of amides is 3. The molecule has 12 heteroatoms. The van der Waals surface area contributed by atoms with Crippen LogP contribution in [0.15, 0.2) is 36.4 Å². The Morgan fingerprint density at radius 1 is 1.03 bits per heavy atom. The number of nitro groups is 2. The molecule has 1 aliphatic heterocycles. The van der Waals surface area contributed by atoms with E-state index in [1.807, 2.05) is 0 Å². The lowest BCUT2D eigenvalue weighted by molar-refractivity contribution is -0.385. The van der Waals surface area contributed by atoms with Crippen LogP contribution in [-0.2, 0) is 4.79 Å². The number of ether oxygens (including phenoxy) is 1. The smallest absolute Gasteiger partial charge is 0.312 e. The zero-order chi connectivity index (χ0) is 22.0. The number of carbonyl (C=O) groups excluding carboxylic acids is 3. The number of nitro benzene ring substituents is 2. The molecule has 0 saturated heterocycles. The number of hydrogen-bond donors (Lipinski definition) is 1. The summed E-state index contributed by atoms with van der Waals surface area (Å²) in [5.74, 6) is -2.36. The van der Waals surface area contributed by atoms with Gasteiger partial charge in [-0.3, -0.25) is 39.5 Å². The average molecular weight is 414 g/mol. The molecule has 0 unspecified atom stereocenters. The highest BCUT2D eigenvalue weighted by molar-refractivity contribution is 6.23. The predicted octanol–water partition coefficient (Wildman–Crippen LogP) is 2.14. The molecule has 0 radical (unpaired) electrons. The lowest BCUT2D eigenvalue weighted by atomic mass is 10.1. The van der Waals surface area contributed by atoms with Crippen molar-refractivity contribution in [2.75, 3.05) is 18.5 Å². The molecule has 2 aromatic carbocycles. The second kappa shape index (κ2) is 7.95. The molecule has 0 aromatic heterocycles. The van der Waals surface area contributed by atoms with Crippen LogP contribution in [-0.4, -0.2) is 45.6 Å². The second-order valence-electron chi connectivity index (χ2n) is 6.10. The molecule has 1 heterocycles. The van der Waals surface area contributed by atoms with Crippen LogP contribution >= 0.6 is 0 Å². The zero-order valence-corrected chi connectivity index (χ0v) is 15.5. The molecule has 0 saturated carbocycles. The number of anilines is 1. The van der Waals surface area contributed by atoms with Crippen molar-refractivity contribution in [3.8, 4) is 5.75 Å². The van der Waals surface area contributed by atoms with Crippen molar-refractivity contribution in [1.29, 1.82) is 0 Å². The first kappa shape index (κ1) is 20.4. The fraction of sp³-hybridized carbons (Fsp3) is 0.167. The first-order chi connectivity index (χ1) is 14.2. The van der Waals surface area contributed by atoms with Crippen LogP contribution in [0.5, 0.6) is 5.75 Å². The van der Waals surface area contributed by atoms with E-state index in [-0.39, 0.29) is 40.5 Å². The number of hydrogen-bond acceptors (Lipinski definition) is 8. The minimum Gasteiger partial charge on any atom is -0.487 e. The van der Waals surface area contributed by atoms with Crippen LogP contribution in [0.4, 0.5) is 17.1 Å². The molecule has 2 aromatic rings. The molecule has 0 spiro atoms. The average Bonchev–Trinajstić information content (AvgIpc) is 2.93. The van der Waals surface area contributed by atoms with Gasteiger partial charge >= 0.3 is 5.69 Å². The Morgan fingerprint density at radius 2 is 1.73 bits per heavy atom. The first-order valence-corrected chi connectivity index (χ1v) is 8.58. The fourth-order valence-corrected chi connectivity index (χ4v) is 2.90. The van der Waals surface area contributed by atoms with Crippen molar-refractivity contribution >= 4 is 34.8 Å². The van der Waals surface area contributed by atoms with Crippen molar-refractivity contribution in [3.63, 3.8) is 0 Å². The quantitative estimate of drug-likeness (QED) is 0.409. The maximum atomic E-state index is 12.4. The Hall–Kier alpha value is -4.35.